The Labute approximate surface area is 139 Å². The van der Waals surface area contributed by atoms with Gasteiger partial charge in [0.25, 0.3) is 5.91 Å². The molecule has 2 aromatic heterocycles. The average Bonchev–Trinajstić information content (AvgIpc) is 3.08. The van der Waals surface area contributed by atoms with Crippen molar-refractivity contribution in [2.24, 2.45) is 0 Å². The Hall–Kier alpha value is -2.12. The van der Waals surface area contributed by atoms with Crippen molar-refractivity contribution in [3.05, 3.63) is 63.6 Å². The zero-order valence-corrected chi connectivity index (χ0v) is 13.6. The largest absolute Gasteiger partial charge is 0.321 e. The number of nitrogens with zero attached hydrogens (tertiary/aromatic N) is 3. The van der Waals surface area contributed by atoms with Crippen molar-refractivity contribution in [1.29, 1.82) is 0 Å². The van der Waals surface area contributed by atoms with Gasteiger partial charge in [0.2, 0.25) is 0 Å². The molecule has 3 aromatic rings. The van der Waals surface area contributed by atoms with Crippen molar-refractivity contribution < 1.29 is 4.79 Å². The fourth-order valence-corrected chi connectivity index (χ4v) is 2.49. The van der Waals surface area contributed by atoms with Gasteiger partial charge in [-0.15, -0.1) is 0 Å². The number of amides is 1. The highest BCUT2D eigenvalue weighted by Crippen LogP contribution is 2.16. The van der Waals surface area contributed by atoms with Crippen LogP contribution in [0.4, 0.5) is 5.69 Å². The highest BCUT2D eigenvalue weighted by molar-refractivity contribution is 9.10. The maximum Gasteiger partial charge on any atom is 0.275 e. The third-order valence-electron chi connectivity index (χ3n) is 2.95. The van der Waals surface area contributed by atoms with E-state index in [1.54, 1.807) is 10.9 Å². The van der Waals surface area contributed by atoms with Crippen LogP contribution in [-0.4, -0.2) is 25.9 Å². The zero-order valence-electron chi connectivity index (χ0n) is 11.3. The lowest BCUT2D eigenvalue weighted by molar-refractivity contribution is 0.102. The molecule has 2 heterocycles. The first kappa shape index (κ1) is 14.8. The van der Waals surface area contributed by atoms with Crippen LogP contribution in [-0.2, 0) is 6.54 Å². The van der Waals surface area contributed by atoms with Gasteiger partial charge in [0, 0.05) is 11.9 Å². The van der Waals surface area contributed by atoms with Gasteiger partial charge in [-0.3, -0.25) is 14.6 Å². The van der Waals surface area contributed by atoms with E-state index in [0.29, 0.717) is 12.2 Å². The molecule has 0 saturated carbocycles. The first-order valence-corrected chi connectivity index (χ1v) is 7.56. The van der Waals surface area contributed by atoms with E-state index in [-0.39, 0.29) is 16.6 Å². The minimum atomic E-state index is -0.332. The summed E-state index contributed by atoms with van der Waals surface area (Å²) in [6.45, 7) is 0.611. The fraction of sp³-hybridized carbons (Fsp3) is 0.0714. The highest BCUT2D eigenvalue weighted by Gasteiger charge is 2.12. The van der Waals surface area contributed by atoms with Crippen LogP contribution in [0.2, 0.25) is 5.02 Å². The quantitative estimate of drug-likeness (QED) is 0.729. The summed E-state index contributed by atoms with van der Waals surface area (Å²) in [5, 5.41) is 13.6. The van der Waals surface area contributed by atoms with E-state index in [1.165, 1.54) is 6.20 Å². The number of anilines is 1. The van der Waals surface area contributed by atoms with Crippen molar-refractivity contribution in [1.82, 2.24) is 20.0 Å². The Morgan fingerprint density at radius 3 is 2.95 bits per heavy atom. The number of carbonyl (C=O) groups is 1. The predicted octanol–water partition coefficient (Wildman–Crippen LogP) is 3.32. The molecule has 3 rings (SSSR count). The molecule has 0 atom stereocenters. The lowest BCUT2D eigenvalue weighted by Crippen LogP contribution is -2.13. The lowest BCUT2D eigenvalue weighted by atomic mass is 10.2. The van der Waals surface area contributed by atoms with Gasteiger partial charge >= 0.3 is 0 Å². The summed E-state index contributed by atoms with van der Waals surface area (Å²) in [6, 6.07) is 7.54. The fourth-order valence-electron chi connectivity index (χ4n) is 1.98. The summed E-state index contributed by atoms with van der Waals surface area (Å²) in [6.07, 6.45) is 5.00. The van der Waals surface area contributed by atoms with Crippen LogP contribution in [0.15, 0.2) is 47.3 Å². The van der Waals surface area contributed by atoms with Gasteiger partial charge in [-0.25, -0.2) is 0 Å². The molecule has 1 aromatic carbocycles. The molecule has 0 bridgehead atoms. The van der Waals surface area contributed by atoms with Crippen LogP contribution >= 0.6 is 27.5 Å². The number of hydrogen-bond donors (Lipinski definition) is 2. The van der Waals surface area contributed by atoms with Crippen LogP contribution < -0.4 is 5.32 Å². The number of hydrogen-bond acceptors (Lipinski definition) is 3. The number of rotatable bonds is 4. The van der Waals surface area contributed by atoms with Crippen molar-refractivity contribution in [2.75, 3.05) is 5.32 Å². The Bertz CT molecular complexity index is 813. The van der Waals surface area contributed by atoms with Crippen molar-refractivity contribution in [3.63, 3.8) is 0 Å². The molecular formula is C14H11BrClN5O. The Morgan fingerprint density at radius 2 is 2.27 bits per heavy atom. The highest BCUT2D eigenvalue weighted by atomic mass is 79.9. The second kappa shape index (κ2) is 6.33. The monoisotopic (exact) mass is 379 g/mol. The first-order chi connectivity index (χ1) is 10.6. The summed E-state index contributed by atoms with van der Waals surface area (Å²) in [7, 11) is 0. The van der Waals surface area contributed by atoms with Crippen LogP contribution in [0.1, 0.15) is 16.1 Å². The molecule has 1 amide bonds. The van der Waals surface area contributed by atoms with E-state index in [9.17, 15) is 4.79 Å². The molecular weight excluding hydrogens is 370 g/mol. The molecule has 0 unspecified atom stereocenters. The van der Waals surface area contributed by atoms with E-state index < -0.39 is 0 Å². The maximum absolute atomic E-state index is 12.1. The van der Waals surface area contributed by atoms with Crippen LogP contribution in [0.5, 0.6) is 0 Å². The smallest absolute Gasteiger partial charge is 0.275 e. The third-order valence-corrected chi connectivity index (χ3v) is 3.65. The molecule has 0 spiro atoms. The summed E-state index contributed by atoms with van der Waals surface area (Å²) >= 11 is 9.23. The average molecular weight is 381 g/mol. The molecule has 0 radical (unpaired) electrons. The zero-order chi connectivity index (χ0) is 15.5. The Morgan fingerprint density at radius 1 is 1.41 bits per heavy atom. The first-order valence-electron chi connectivity index (χ1n) is 6.39. The SMILES string of the molecule is O=C(Nc1cccc(Cn2cc(Br)cn2)c1)c1[nH]ncc1Cl. The number of halogens is 2. The molecule has 0 saturated heterocycles. The van der Waals surface area contributed by atoms with E-state index >= 15 is 0 Å². The minimum Gasteiger partial charge on any atom is -0.321 e. The molecule has 112 valence electrons. The topological polar surface area (TPSA) is 75.6 Å². The lowest BCUT2D eigenvalue weighted by Gasteiger charge is -2.07. The van der Waals surface area contributed by atoms with Gasteiger partial charge in [0.05, 0.1) is 28.4 Å². The number of carbonyl (C=O) groups excluding carboxylic acids is 1. The van der Waals surface area contributed by atoms with E-state index in [0.717, 1.165) is 10.0 Å². The summed E-state index contributed by atoms with van der Waals surface area (Å²) < 4.78 is 2.72. The second-order valence-corrected chi connectivity index (χ2v) is 5.93. The van der Waals surface area contributed by atoms with Crippen LogP contribution in [0.25, 0.3) is 0 Å². The van der Waals surface area contributed by atoms with Gasteiger partial charge in [-0.1, -0.05) is 23.7 Å². The number of aromatic nitrogens is 4. The van der Waals surface area contributed by atoms with Gasteiger partial charge in [0.15, 0.2) is 0 Å². The number of benzene rings is 1. The molecule has 0 aliphatic heterocycles. The van der Waals surface area contributed by atoms with E-state index in [4.69, 9.17) is 11.6 Å². The third kappa shape index (κ3) is 3.37. The van der Waals surface area contributed by atoms with Gasteiger partial charge in [-0.05, 0) is 33.6 Å². The maximum atomic E-state index is 12.1. The van der Waals surface area contributed by atoms with Gasteiger partial charge in [0.1, 0.15) is 5.69 Å². The number of nitrogens with one attached hydrogen (secondary N) is 2. The summed E-state index contributed by atoms with van der Waals surface area (Å²) in [5.74, 6) is -0.332. The van der Waals surface area contributed by atoms with Gasteiger partial charge in [-0.2, -0.15) is 10.2 Å². The minimum absolute atomic E-state index is 0.239. The second-order valence-electron chi connectivity index (χ2n) is 4.60. The molecule has 22 heavy (non-hydrogen) atoms. The number of H-pyrrole nitrogens is 1. The van der Waals surface area contributed by atoms with E-state index in [1.807, 2.05) is 30.5 Å². The normalized spacial score (nSPS) is 10.6. The predicted molar refractivity (Wildman–Crippen MR) is 87.0 cm³/mol. The Balaban J connectivity index is 1.74. The van der Waals surface area contributed by atoms with Gasteiger partial charge < -0.3 is 5.32 Å². The molecule has 2 N–H and O–H groups in total. The van der Waals surface area contributed by atoms with Crippen molar-refractivity contribution >= 4 is 39.1 Å². The van der Waals surface area contributed by atoms with Crippen LogP contribution in [0.3, 0.4) is 0 Å². The summed E-state index contributed by atoms with van der Waals surface area (Å²) in [5.41, 5.74) is 1.94. The number of aromatic amines is 1. The van der Waals surface area contributed by atoms with Crippen molar-refractivity contribution in [2.45, 2.75) is 6.54 Å². The van der Waals surface area contributed by atoms with Crippen LogP contribution in [0, 0.1) is 0 Å². The molecule has 8 heteroatoms. The Kier molecular flexibility index (Phi) is 4.26. The molecule has 0 aliphatic rings. The van der Waals surface area contributed by atoms with Crippen molar-refractivity contribution in [3.8, 4) is 0 Å². The summed E-state index contributed by atoms with van der Waals surface area (Å²) in [4.78, 5) is 12.1. The molecule has 0 fully saturated rings. The molecule has 6 nitrogen and oxygen atoms in total. The van der Waals surface area contributed by atoms with E-state index in [2.05, 4.69) is 36.5 Å². The standard InChI is InChI=1S/C14H11BrClN5O/c15-10-5-18-21(8-10)7-9-2-1-3-11(4-9)19-14(22)13-12(16)6-17-20-13/h1-6,8H,7H2,(H,17,20)(H,19,22). The molecule has 0 aliphatic carbocycles.